The van der Waals surface area contributed by atoms with E-state index < -0.39 is 11.7 Å². The molecule has 100 valence electrons. The first-order chi connectivity index (χ1) is 9.08. The third-order valence-electron chi connectivity index (χ3n) is 3.62. The number of rotatable bonds is 2. The van der Waals surface area contributed by atoms with Crippen LogP contribution in [0.5, 0.6) is 0 Å². The predicted octanol–water partition coefficient (Wildman–Crippen LogP) is 2.42. The summed E-state index contributed by atoms with van der Waals surface area (Å²) in [4.78, 5) is 25.1. The molecule has 3 rings (SSSR count). The van der Waals surface area contributed by atoms with Crippen LogP contribution in [0.1, 0.15) is 16.8 Å². The monoisotopic (exact) mass is 296 g/mol. The van der Waals surface area contributed by atoms with Gasteiger partial charge in [-0.2, -0.15) is 11.8 Å². The minimum atomic E-state index is -0.581. The molecule has 6 heteroatoms. The number of carbonyl (C=O) groups excluding carboxylic acids is 2. The molecule has 1 unspecified atom stereocenters. The van der Waals surface area contributed by atoms with E-state index in [0.717, 1.165) is 23.6 Å². The van der Waals surface area contributed by atoms with Crippen molar-refractivity contribution < 1.29 is 9.59 Å². The zero-order valence-electron chi connectivity index (χ0n) is 10.4. The zero-order chi connectivity index (χ0) is 13.6. The molecule has 1 aromatic carbocycles. The lowest BCUT2D eigenvalue weighted by molar-refractivity contribution is -0.112. The molecule has 1 amide bonds. The van der Waals surface area contributed by atoms with Crippen LogP contribution < -0.4 is 10.2 Å². The second-order valence-electron chi connectivity index (χ2n) is 4.76. The van der Waals surface area contributed by atoms with Crippen molar-refractivity contribution >= 4 is 46.4 Å². The second kappa shape index (κ2) is 4.72. The number of carbonyl (C=O) groups is 2. The molecule has 2 aliphatic heterocycles. The smallest absolute Gasteiger partial charge is 0.296 e. The number of hydrogen-bond acceptors (Lipinski definition) is 4. The number of thioether (sulfide) groups is 1. The van der Waals surface area contributed by atoms with Gasteiger partial charge in [-0.3, -0.25) is 9.59 Å². The van der Waals surface area contributed by atoms with E-state index in [4.69, 9.17) is 11.6 Å². The maximum absolute atomic E-state index is 11.6. The topological polar surface area (TPSA) is 49.4 Å². The third-order valence-corrected chi connectivity index (χ3v) is 5.07. The Morgan fingerprint density at radius 3 is 2.89 bits per heavy atom. The lowest BCUT2D eigenvalue weighted by atomic mass is 10.1. The maximum atomic E-state index is 11.6. The molecule has 19 heavy (non-hydrogen) atoms. The number of nitrogens with one attached hydrogen (secondary N) is 1. The van der Waals surface area contributed by atoms with Gasteiger partial charge in [0.15, 0.2) is 0 Å². The Hall–Kier alpha value is -1.20. The van der Waals surface area contributed by atoms with E-state index in [-0.39, 0.29) is 0 Å². The number of hydrogen-bond donors (Lipinski definition) is 1. The summed E-state index contributed by atoms with van der Waals surface area (Å²) in [7, 11) is 2.00. The van der Waals surface area contributed by atoms with Crippen LogP contribution in [-0.2, 0) is 4.79 Å². The molecule has 2 heterocycles. The van der Waals surface area contributed by atoms with Gasteiger partial charge in [0.05, 0.1) is 22.0 Å². The van der Waals surface area contributed by atoms with Gasteiger partial charge < -0.3 is 10.2 Å². The molecule has 1 aromatic rings. The highest BCUT2D eigenvalue weighted by Gasteiger charge is 2.30. The number of amides is 1. The van der Waals surface area contributed by atoms with E-state index in [9.17, 15) is 9.59 Å². The summed E-state index contributed by atoms with van der Waals surface area (Å²) in [6.45, 7) is 0. The van der Waals surface area contributed by atoms with Crippen LogP contribution in [0.15, 0.2) is 12.1 Å². The number of anilines is 2. The van der Waals surface area contributed by atoms with E-state index >= 15 is 0 Å². The Morgan fingerprint density at radius 1 is 1.42 bits per heavy atom. The van der Waals surface area contributed by atoms with Crippen molar-refractivity contribution in [2.45, 2.75) is 12.5 Å². The van der Waals surface area contributed by atoms with Crippen LogP contribution >= 0.6 is 23.4 Å². The lowest BCUT2D eigenvalue weighted by Gasteiger charge is -2.27. The van der Waals surface area contributed by atoms with E-state index in [1.165, 1.54) is 0 Å². The first-order valence-corrected chi connectivity index (χ1v) is 7.61. The van der Waals surface area contributed by atoms with Crippen LogP contribution in [0.2, 0.25) is 5.02 Å². The number of halogens is 1. The Balaban J connectivity index is 1.97. The molecule has 1 atom stereocenters. The molecular weight excluding hydrogens is 284 g/mol. The van der Waals surface area contributed by atoms with Crippen molar-refractivity contribution in [1.29, 1.82) is 0 Å². The Labute approximate surface area is 120 Å². The molecule has 2 aliphatic rings. The van der Waals surface area contributed by atoms with Gasteiger partial charge in [0, 0.05) is 18.8 Å². The summed E-state index contributed by atoms with van der Waals surface area (Å²) in [6, 6.07) is 3.84. The van der Waals surface area contributed by atoms with Crippen molar-refractivity contribution in [2.75, 3.05) is 28.8 Å². The molecule has 1 fully saturated rings. The highest BCUT2D eigenvalue weighted by Crippen LogP contribution is 2.37. The fraction of sp³-hybridized carbons (Fsp3) is 0.385. The van der Waals surface area contributed by atoms with Crippen molar-refractivity contribution in [2.24, 2.45) is 0 Å². The summed E-state index contributed by atoms with van der Waals surface area (Å²) in [6.07, 6.45) is 1.12. The number of nitrogens with zero attached hydrogens (tertiary/aromatic N) is 1. The third kappa shape index (κ3) is 2.11. The molecule has 1 saturated heterocycles. The second-order valence-corrected chi connectivity index (χ2v) is 6.32. The van der Waals surface area contributed by atoms with Crippen molar-refractivity contribution in [3.63, 3.8) is 0 Å². The molecule has 4 nitrogen and oxygen atoms in total. The average Bonchev–Trinajstić information content (AvgIpc) is 3.00. The van der Waals surface area contributed by atoms with Gasteiger partial charge in [-0.1, -0.05) is 11.6 Å². The molecule has 0 spiro atoms. The number of ketones is 1. The zero-order valence-corrected chi connectivity index (χ0v) is 12.0. The van der Waals surface area contributed by atoms with Crippen molar-refractivity contribution in [1.82, 2.24) is 0 Å². The van der Waals surface area contributed by atoms with Crippen LogP contribution in [0.4, 0.5) is 11.4 Å². The Kier molecular flexibility index (Phi) is 3.19. The lowest BCUT2D eigenvalue weighted by Crippen LogP contribution is -2.31. The fourth-order valence-electron chi connectivity index (χ4n) is 2.45. The maximum Gasteiger partial charge on any atom is 0.296 e. The molecule has 0 radical (unpaired) electrons. The van der Waals surface area contributed by atoms with Crippen molar-refractivity contribution in [3.8, 4) is 0 Å². The minimum Gasteiger partial charge on any atom is -0.369 e. The van der Waals surface area contributed by atoms with E-state index in [1.54, 1.807) is 12.1 Å². The van der Waals surface area contributed by atoms with E-state index in [2.05, 4.69) is 10.2 Å². The molecule has 0 aromatic heterocycles. The quantitative estimate of drug-likeness (QED) is 0.852. The highest BCUT2D eigenvalue weighted by atomic mass is 35.5. The first-order valence-electron chi connectivity index (χ1n) is 6.07. The Bertz CT molecular complexity index is 570. The van der Waals surface area contributed by atoms with E-state index in [1.807, 2.05) is 18.8 Å². The van der Waals surface area contributed by atoms with Crippen LogP contribution in [-0.4, -0.2) is 36.3 Å². The molecule has 1 N–H and O–H groups in total. The average molecular weight is 297 g/mol. The largest absolute Gasteiger partial charge is 0.369 e. The van der Waals surface area contributed by atoms with Crippen LogP contribution in [0.25, 0.3) is 0 Å². The van der Waals surface area contributed by atoms with Gasteiger partial charge in [0.25, 0.3) is 11.7 Å². The van der Waals surface area contributed by atoms with Gasteiger partial charge in [-0.05, 0) is 24.3 Å². The molecule has 0 aliphatic carbocycles. The van der Waals surface area contributed by atoms with Gasteiger partial charge in [-0.25, -0.2) is 0 Å². The number of benzene rings is 1. The van der Waals surface area contributed by atoms with E-state index in [0.29, 0.717) is 22.3 Å². The predicted molar refractivity (Wildman–Crippen MR) is 78.5 cm³/mol. The first kappa shape index (κ1) is 12.8. The van der Waals surface area contributed by atoms with Crippen LogP contribution in [0.3, 0.4) is 0 Å². The number of Topliss-reactive ketones (excluding diaryl/α,β-unsaturated/α-hetero) is 1. The molecule has 0 bridgehead atoms. The van der Waals surface area contributed by atoms with Gasteiger partial charge in [0.1, 0.15) is 0 Å². The summed E-state index contributed by atoms with van der Waals surface area (Å²) < 4.78 is 0. The van der Waals surface area contributed by atoms with Crippen LogP contribution in [0, 0.1) is 0 Å². The van der Waals surface area contributed by atoms with Gasteiger partial charge in [-0.15, -0.1) is 0 Å². The summed E-state index contributed by atoms with van der Waals surface area (Å²) in [5.41, 5.74) is 1.79. The summed E-state index contributed by atoms with van der Waals surface area (Å²) in [5, 5.41) is 3.10. The highest BCUT2D eigenvalue weighted by molar-refractivity contribution is 7.99. The normalized spacial score (nSPS) is 21.5. The number of fused-ring (bicyclic) bond motifs is 1. The molecular formula is C13H13ClN2O2S. The minimum absolute atomic E-state index is 0.368. The van der Waals surface area contributed by atoms with Crippen molar-refractivity contribution in [3.05, 3.63) is 22.7 Å². The Morgan fingerprint density at radius 2 is 2.21 bits per heavy atom. The standard InChI is InChI=1S/C13H13ClN2O2S/c1-16(7-2-3-19-6-7)11-5-10-8(4-9(11)14)12(17)13(18)15-10/h4-5,7H,2-3,6H2,1H3,(H,15,17,18). The summed E-state index contributed by atoms with van der Waals surface area (Å²) >= 11 is 8.18. The van der Waals surface area contributed by atoms with Gasteiger partial charge >= 0.3 is 0 Å². The fourth-order valence-corrected chi connectivity index (χ4v) is 4.01. The van der Waals surface area contributed by atoms with Gasteiger partial charge in [0.2, 0.25) is 0 Å². The SMILES string of the molecule is CN(c1cc2c(cc1Cl)C(=O)C(=O)N2)C1CCSC1. The summed E-state index contributed by atoms with van der Waals surface area (Å²) in [5.74, 6) is 1.15. The molecule has 0 saturated carbocycles.